The Labute approximate surface area is 97.5 Å². The summed E-state index contributed by atoms with van der Waals surface area (Å²) in [7, 11) is 0. The van der Waals surface area contributed by atoms with E-state index in [9.17, 15) is 4.79 Å². The molecule has 3 aromatic heterocycles. The number of pyridine rings is 1. The van der Waals surface area contributed by atoms with Crippen LogP contribution in [0.5, 0.6) is 0 Å². The van der Waals surface area contributed by atoms with Gasteiger partial charge in [0.2, 0.25) is 0 Å². The number of aldehydes is 1. The van der Waals surface area contributed by atoms with Crippen LogP contribution in [-0.2, 0) is 0 Å². The van der Waals surface area contributed by atoms with Gasteiger partial charge in [-0.25, -0.2) is 4.98 Å². The molecule has 0 amide bonds. The van der Waals surface area contributed by atoms with Crippen LogP contribution in [0.1, 0.15) is 16.1 Å². The molecule has 0 aliphatic carbocycles. The Morgan fingerprint density at radius 2 is 2.24 bits per heavy atom. The normalized spacial score (nSPS) is 10.9. The first kappa shape index (κ1) is 9.84. The van der Waals surface area contributed by atoms with E-state index in [2.05, 4.69) is 4.98 Å². The Kier molecular flexibility index (Phi) is 2.08. The average Bonchev–Trinajstić information content (AvgIpc) is 2.93. The van der Waals surface area contributed by atoms with Crippen LogP contribution in [0.2, 0.25) is 0 Å². The van der Waals surface area contributed by atoms with Crippen LogP contribution in [0, 0.1) is 6.92 Å². The number of furan rings is 1. The summed E-state index contributed by atoms with van der Waals surface area (Å²) < 4.78 is 7.43. The molecule has 3 aromatic rings. The van der Waals surface area contributed by atoms with Crippen LogP contribution in [0.4, 0.5) is 0 Å². The van der Waals surface area contributed by atoms with Gasteiger partial charge in [-0.3, -0.25) is 9.20 Å². The van der Waals surface area contributed by atoms with Crippen molar-refractivity contribution in [3.8, 4) is 11.6 Å². The van der Waals surface area contributed by atoms with Gasteiger partial charge in [0.05, 0.1) is 11.7 Å². The minimum absolute atomic E-state index is 0.638. The van der Waals surface area contributed by atoms with E-state index in [1.54, 1.807) is 18.3 Å². The Morgan fingerprint density at radius 1 is 1.35 bits per heavy atom. The van der Waals surface area contributed by atoms with Gasteiger partial charge in [-0.2, -0.15) is 0 Å². The van der Waals surface area contributed by atoms with Gasteiger partial charge in [-0.15, -0.1) is 0 Å². The van der Waals surface area contributed by atoms with E-state index in [-0.39, 0.29) is 0 Å². The van der Waals surface area contributed by atoms with Gasteiger partial charge in [-0.1, -0.05) is 0 Å². The Bertz CT molecular complexity index is 694. The second kappa shape index (κ2) is 3.59. The third-order valence-electron chi connectivity index (χ3n) is 2.65. The number of hydrogen-bond donors (Lipinski definition) is 0. The molecular formula is C13H10N2O2. The van der Waals surface area contributed by atoms with Crippen molar-refractivity contribution in [1.29, 1.82) is 0 Å². The van der Waals surface area contributed by atoms with Crippen LogP contribution in [0.25, 0.3) is 17.1 Å². The van der Waals surface area contributed by atoms with Crippen molar-refractivity contribution >= 4 is 11.8 Å². The second-order valence-electron chi connectivity index (χ2n) is 3.86. The topological polar surface area (TPSA) is 47.5 Å². The molecule has 0 radical (unpaired) electrons. The molecule has 0 aromatic carbocycles. The highest BCUT2D eigenvalue weighted by molar-refractivity contribution is 5.77. The van der Waals surface area contributed by atoms with Gasteiger partial charge in [0.25, 0.3) is 0 Å². The quantitative estimate of drug-likeness (QED) is 0.631. The molecule has 3 rings (SSSR count). The first-order chi connectivity index (χ1) is 8.28. The van der Waals surface area contributed by atoms with Gasteiger partial charge >= 0.3 is 0 Å². The highest BCUT2D eigenvalue weighted by Crippen LogP contribution is 2.22. The molecule has 0 saturated heterocycles. The molecule has 84 valence electrons. The lowest BCUT2D eigenvalue weighted by atomic mass is 10.3. The summed E-state index contributed by atoms with van der Waals surface area (Å²) in [4.78, 5) is 15.0. The molecule has 0 aliphatic rings. The van der Waals surface area contributed by atoms with Gasteiger partial charge in [0, 0.05) is 11.8 Å². The molecule has 0 saturated carbocycles. The molecule has 4 heteroatoms. The van der Waals surface area contributed by atoms with Crippen molar-refractivity contribution in [2.75, 3.05) is 0 Å². The maximum Gasteiger partial charge on any atom is 0.180 e. The van der Waals surface area contributed by atoms with Gasteiger partial charge in [-0.05, 0) is 31.2 Å². The number of hydrogen-bond acceptors (Lipinski definition) is 3. The zero-order chi connectivity index (χ0) is 11.8. The van der Waals surface area contributed by atoms with Gasteiger partial charge in [0.15, 0.2) is 11.6 Å². The predicted octanol–water partition coefficient (Wildman–Crippen LogP) is 2.72. The number of imidazole rings is 1. The third-order valence-corrected chi connectivity index (χ3v) is 2.65. The molecule has 0 N–H and O–H groups in total. The van der Waals surface area contributed by atoms with Crippen molar-refractivity contribution in [2.24, 2.45) is 0 Å². The molecule has 3 heterocycles. The van der Waals surface area contributed by atoms with Crippen LogP contribution in [0.3, 0.4) is 0 Å². The summed E-state index contributed by atoms with van der Waals surface area (Å²) in [6, 6.07) is 7.33. The number of nitrogens with zero attached hydrogens (tertiary/aromatic N) is 2. The summed E-state index contributed by atoms with van der Waals surface area (Å²) in [5.74, 6) is 2.31. The van der Waals surface area contributed by atoms with E-state index in [4.69, 9.17) is 4.42 Å². The van der Waals surface area contributed by atoms with E-state index < -0.39 is 0 Å². The number of carbonyl (C=O) groups excluding carboxylic acids is 1. The van der Waals surface area contributed by atoms with Crippen molar-refractivity contribution in [3.63, 3.8) is 0 Å². The van der Waals surface area contributed by atoms with Crippen LogP contribution in [-0.4, -0.2) is 15.7 Å². The van der Waals surface area contributed by atoms with Crippen LogP contribution >= 0.6 is 0 Å². The minimum atomic E-state index is 0.638. The van der Waals surface area contributed by atoms with Crippen molar-refractivity contribution in [1.82, 2.24) is 9.38 Å². The molecule has 17 heavy (non-hydrogen) atoms. The fourth-order valence-electron chi connectivity index (χ4n) is 1.83. The summed E-state index contributed by atoms with van der Waals surface area (Å²) in [6.07, 6.45) is 4.36. The lowest BCUT2D eigenvalue weighted by Crippen LogP contribution is -1.89. The Morgan fingerprint density at radius 3 is 2.94 bits per heavy atom. The Balaban J connectivity index is 2.21. The first-order valence-electron chi connectivity index (χ1n) is 5.27. The summed E-state index contributed by atoms with van der Waals surface area (Å²) in [5.41, 5.74) is 1.51. The SMILES string of the molecule is Cc1ccc(-c2ncc3cc(C=O)ccn23)o1. The highest BCUT2D eigenvalue weighted by atomic mass is 16.3. The van der Waals surface area contributed by atoms with Crippen molar-refractivity contribution in [2.45, 2.75) is 6.92 Å². The molecule has 0 fully saturated rings. The summed E-state index contributed by atoms with van der Waals surface area (Å²) in [5, 5.41) is 0. The van der Waals surface area contributed by atoms with Gasteiger partial charge in [0.1, 0.15) is 12.0 Å². The zero-order valence-electron chi connectivity index (χ0n) is 9.25. The smallest absolute Gasteiger partial charge is 0.180 e. The Hall–Kier alpha value is -2.36. The number of carbonyl (C=O) groups is 1. The monoisotopic (exact) mass is 226 g/mol. The fraction of sp³-hybridized carbons (Fsp3) is 0.0769. The van der Waals surface area contributed by atoms with E-state index in [0.29, 0.717) is 5.56 Å². The largest absolute Gasteiger partial charge is 0.458 e. The zero-order valence-corrected chi connectivity index (χ0v) is 9.25. The molecule has 0 bridgehead atoms. The van der Waals surface area contributed by atoms with E-state index >= 15 is 0 Å². The lowest BCUT2D eigenvalue weighted by Gasteiger charge is -1.98. The molecule has 4 nitrogen and oxygen atoms in total. The second-order valence-corrected chi connectivity index (χ2v) is 3.86. The standard InChI is InChI=1S/C13H10N2O2/c1-9-2-3-12(17-9)13-14-7-11-6-10(8-16)4-5-15(11)13/h2-8H,1H3. The van der Waals surface area contributed by atoms with E-state index in [1.807, 2.05) is 29.7 Å². The number of aryl methyl sites for hydroxylation is 1. The number of rotatable bonds is 2. The average molecular weight is 226 g/mol. The first-order valence-corrected chi connectivity index (χ1v) is 5.27. The summed E-state index contributed by atoms with van der Waals surface area (Å²) >= 11 is 0. The lowest BCUT2D eigenvalue weighted by molar-refractivity contribution is 0.112. The van der Waals surface area contributed by atoms with E-state index in [1.165, 1.54) is 0 Å². The fourth-order valence-corrected chi connectivity index (χ4v) is 1.83. The minimum Gasteiger partial charge on any atom is -0.458 e. The predicted molar refractivity (Wildman–Crippen MR) is 63.0 cm³/mol. The molecule has 0 aliphatic heterocycles. The molecule has 0 atom stereocenters. The number of aromatic nitrogens is 2. The molecule has 0 unspecified atom stereocenters. The van der Waals surface area contributed by atoms with Crippen LogP contribution < -0.4 is 0 Å². The molecule has 0 spiro atoms. The highest BCUT2D eigenvalue weighted by Gasteiger charge is 2.09. The maximum absolute atomic E-state index is 10.7. The third kappa shape index (κ3) is 1.54. The van der Waals surface area contributed by atoms with Crippen LogP contribution in [0.15, 0.2) is 41.1 Å². The van der Waals surface area contributed by atoms with E-state index in [0.717, 1.165) is 29.1 Å². The van der Waals surface area contributed by atoms with Crippen molar-refractivity contribution < 1.29 is 9.21 Å². The molecular weight excluding hydrogens is 216 g/mol. The van der Waals surface area contributed by atoms with Gasteiger partial charge < -0.3 is 4.42 Å². The maximum atomic E-state index is 10.7. The number of fused-ring (bicyclic) bond motifs is 1. The van der Waals surface area contributed by atoms with Crippen molar-refractivity contribution in [3.05, 3.63) is 48.0 Å². The summed E-state index contributed by atoms with van der Waals surface area (Å²) in [6.45, 7) is 1.89.